The number of carbonyl (C=O) groups is 1. The van der Waals surface area contributed by atoms with Gasteiger partial charge in [-0.05, 0) is 43.7 Å². The molecule has 33 heavy (non-hydrogen) atoms. The number of nitrogens with one attached hydrogen (secondary N) is 1. The predicted molar refractivity (Wildman–Crippen MR) is 129 cm³/mol. The predicted octanol–water partition coefficient (Wildman–Crippen LogP) is 5.09. The lowest BCUT2D eigenvalue weighted by atomic mass is 10.2. The fourth-order valence-electron chi connectivity index (χ4n) is 3.26. The van der Waals surface area contributed by atoms with Crippen LogP contribution in [0.15, 0.2) is 75.3 Å². The van der Waals surface area contributed by atoms with Gasteiger partial charge in [-0.3, -0.25) is 9.59 Å². The second-order valence-electron chi connectivity index (χ2n) is 7.38. The van der Waals surface area contributed by atoms with Crippen molar-refractivity contribution in [3.05, 3.63) is 104 Å². The molecule has 4 aromatic rings. The van der Waals surface area contributed by atoms with E-state index < -0.39 is 0 Å². The number of rotatable bonds is 7. The zero-order chi connectivity index (χ0) is 23.4. The summed E-state index contributed by atoms with van der Waals surface area (Å²) in [5.74, 6) is 1.02. The Labute approximate surface area is 199 Å². The highest BCUT2D eigenvalue weighted by atomic mass is 35.5. The van der Waals surface area contributed by atoms with Crippen molar-refractivity contribution in [2.75, 3.05) is 5.32 Å². The van der Waals surface area contributed by atoms with E-state index in [2.05, 4.69) is 15.5 Å². The van der Waals surface area contributed by atoms with Gasteiger partial charge in [-0.15, -0.1) is 11.8 Å². The minimum atomic E-state index is -0.313. The monoisotopic (exact) mass is 480 g/mol. The molecule has 168 valence electrons. The molecular formula is C24H21ClN4O3S. The van der Waals surface area contributed by atoms with E-state index in [1.165, 1.54) is 22.4 Å². The molecule has 4 rings (SSSR count). The van der Waals surface area contributed by atoms with Crippen molar-refractivity contribution in [2.45, 2.75) is 31.2 Å². The molecule has 0 aliphatic heterocycles. The molecule has 3 heterocycles. The van der Waals surface area contributed by atoms with E-state index in [0.29, 0.717) is 33.6 Å². The van der Waals surface area contributed by atoms with E-state index in [9.17, 15) is 9.59 Å². The molecule has 0 spiro atoms. The van der Waals surface area contributed by atoms with E-state index in [0.717, 1.165) is 22.6 Å². The number of carbonyl (C=O) groups excluding carboxylic acids is 1. The number of hydrogen-bond acceptors (Lipinski definition) is 6. The van der Waals surface area contributed by atoms with Crippen molar-refractivity contribution in [3.8, 4) is 0 Å². The van der Waals surface area contributed by atoms with E-state index in [1.54, 1.807) is 36.7 Å². The number of aromatic nitrogens is 3. The molecular weight excluding hydrogens is 460 g/mol. The fraction of sp³-hybridized carbons (Fsp3) is 0.167. The third-order valence-electron chi connectivity index (χ3n) is 5.09. The van der Waals surface area contributed by atoms with Gasteiger partial charge in [0.2, 0.25) is 0 Å². The topological polar surface area (TPSA) is 90.0 Å². The standard InChI is InChI=1S/C24H21ClN4O3S/c1-15-20(16(2)32-28-15)14-33-24-19(7-5-11-26-24)23(31)27-18-9-10-22(30)29(13-18)12-17-6-3-4-8-21(17)25/h3-11,13H,12,14H2,1-2H3,(H,27,31). The number of thioether (sulfide) groups is 1. The number of benzene rings is 1. The van der Waals surface area contributed by atoms with Gasteiger partial charge in [0.25, 0.3) is 11.5 Å². The van der Waals surface area contributed by atoms with Gasteiger partial charge in [0.15, 0.2) is 0 Å². The van der Waals surface area contributed by atoms with Crippen molar-refractivity contribution in [1.82, 2.24) is 14.7 Å². The molecule has 0 unspecified atom stereocenters. The number of nitrogens with zero attached hydrogens (tertiary/aromatic N) is 3. The first-order valence-electron chi connectivity index (χ1n) is 10.2. The van der Waals surface area contributed by atoms with E-state index in [-0.39, 0.29) is 11.5 Å². The molecule has 0 atom stereocenters. The van der Waals surface area contributed by atoms with Crippen LogP contribution in [0, 0.1) is 13.8 Å². The third kappa shape index (κ3) is 5.35. The van der Waals surface area contributed by atoms with E-state index >= 15 is 0 Å². The summed E-state index contributed by atoms with van der Waals surface area (Å²) in [5, 5.41) is 8.01. The van der Waals surface area contributed by atoms with Crippen LogP contribution in [-0.2, 0) is 12.3 Å². The number of amides is 1. The van der Waals surface area contributed by atoms with Gasteiger partial charge in [0, 0.05) is 34.8 Å². The molecule has 1 amide bonds. The molecule has 0 aliphatic rings. The van der Waals surface area contributed by atoms with Gasteiger partial charge in [-0.25, -0.2) is 4.98 Å². The lowest BCUT2D eigenvalue weighted by Gasteiger charge is -2.12. The van der Waals surface area contributed by atoms with Gasteiger partial charge in [-0.1, -0.05) is 35.0 Å². The normalized spacial score (nSPS) is 10.9. The molecule has 3 aromatic heterocycles. The number of hydrogen-bond donors (Lipinski definition) is 1. The molecule has 0 saturated heterocycles. The Morgan fingerprint density at radius 1 is 1.15 bits per heavy atom. The molecule has 1 aromatic carbocycles. The lowest BCUT2D eigenvalue weighted by Crippen LogP contribution is -2.21. The van der Waals surface area contributed by atoms with Crippen molar-refractivity contribution in [2.24, 2.45) is 0 Å². The summed E-state index contributed by atoms with van der Waals surface area (Å²) >= 11 is 7.67. The quantitative estimate of drug-likeness (QED) is 0.370. The number of aryl methyl sites for hydroxylation is 2. The minimum absolute atomic E-state index is 0.190. The van der Waals surface area contributed by atoms with E-state index in [4.69, 9.17) is 16.1 Å². The molecule has 9 heteroatoms. The second kappa shape index (κ2) is 10.1. The van der Waals surface area contributed by atoms with Crippen LogP contribution in [0.3, 0.4) is 0 Å². The van der Waals surface area contributed by atoms with Crippen LogP contribution < -0.4 is 10.9 Å². The van der Waals surface area contributed by atoms with Crippen LogP contribution >= 0.6 is 23.4 Å². The van der Waals surface area contributed by atoms with Crippen LogP contribution in [-0.4, -0.2) is 20.6 Å². The maximum Gasteiger partial charge on any atom is 0.258 e. The summed E-state index contributed by atoms with van der Waals surface area (Å²) in [6, 6.07) is 13.8. The summed E-state index contributed by atoms with van der Waals surface area (Å²) in [7, 11) is 0. The first kappa shape index (κ1) is 22.8. The highest BCUT2D eigenvalue weighted by Crippen LogP contribution is 2.27. The summed E-state index contributed by atoms with van der Waals surface area (Å²) in [6.45, 7) is 4.04. The van der Waals surface area contributed by atoms with Crippen molar-refractivity contribution in [1.29, 1.82) is 0 Å². The summed E-state index contributed by atoms with van der Waals surface area (Å²) in [4.78, 5) is 29.7. The van der Waals surface area contributed by atoms with Crippen LogP contribution in [0.5, 0.6) is 0 Å². The fourth-order valence-corrected chi connectivity index (χ4v) is 4.60. The Hall–Kier alpha value is -3.36. The van der Waals surface area contributed by atoms with Crippen LogP contribution in [0.25, 0.3) is 0 Å². The Morgan fingerprint density at radius 2 is 1.97 bits per heavy atom. The van der Waals surface area contributed by atoms with Gasteiger partial charge < -0.3 is 14.4 Å². The van der Waals surface area contributed by atoms with Crippen LogP contribution in [0.4, 0.5) is 5.69 Å². The van der Waals surface area contributed by atoms with E-state index in [1.807, 2.05) is 32.0 Å². The van der Waals surface area contributed by atoms with Crippen LogP contribution in [0.2, 0.25) is 5.02 Å². The Kier molecular flexibility index (Phi) is 6.96. The zero-order valence-electron chi connectivity index (χ0n) is 18.0. The average Bonchev–Trinajstić information content (AvgIpc) is 3.13. The van der Waals surface area contributed by atoms with Gasteiger partial charge in [0.1, 0.15) is 10.8 Å². The average molecular weight is 481 g/mol. The largest absolute Gasteiger partial charge is 0.361 e. The molecule has 0 saturated carbocycles. The molecule has 7 nitrogen and oxygen atoms in total. The lowest BCUT2D eigenvalue weighted by molar-refractivity contribution is 0.102. The first-order chi connectivity index (χ1) is 15.9. The number of anilines is 1. The Balaban J connectivity index is 1.52. The highest BCUT2D eigenvalue weighted by Gasteiger charge is 2.16. The number of halogens is 1. The Bertz CT molecular complexity index is 1350. The second-order valence-corrected chi connectivity index (χ2v) is 8.75. The van der Waals surface area contributed by atoms with Gasteiger partial charge in [0.05, 0.1) is 23.5 Å². The van der Waals surface area contributed by atoms with Crippen molar-refractivity contribution >= 4 is 35.0 Å². The van der Waals surface area contributed by atoms with Crippen LogP contribution in [0.1, 0.15) is 32.9 Å². The minimum Gasteiger partial charge on any atom is -0.361 e. The zero-order valence-corrected chi connectivity index (χ0v) is 19.6. The maximum atomic E-state index is 13.0. The molecule has 0 radical (unpaired) electrons. The third-order valence-corrected chi connectivity index (χ3v) is 6.49. The van der Waals surface area contributed by atoms with Gasteiger partial charge in [-0.2, -0.15) is 0 Å². The maximum absolute atomic E-state index is 13.0. The number of pyridine rings is 2. The molecule has 0 fully saturated rings. The summed E-state index contributed by atoms with van der Waals surface area (Å²) in [5.41, 5.74) is 3.38. The summed E-state index contributed by atoms with van der Waals surface area (Å²) < 4.78 is 6.72. The first-order valence-corrected chi connectivity index (χ1v) is 11.5. The van der Waals surface area contributed by atoms with Crippen molar-refractivity contribution < 1.29 is 9.32 Å². The SMILES string of the molecule is Cc1noc(C)c1CSc1ncccc1C(=O)Nc1ccc(=O)n(Cc2ccccc2Cl)c1. The molecule has 0 bridgehead atoms. The van der Waals surface area contributed by atoms with Gasteiger partial charge >= 0.3 is 0 Å². The molecule has 0 aliphatic carbocycles. The molecule has 1 N–H and O–H groups in total. The Morgan fingerprint density at radius 3 is 2.73 bits per heavy atom. The van der Waals surface area contributed by atoms with Crippen molar-refractivity contribution in [3.63, 3.8) is 0 Å². The highest BCUT2D eigenvalue weighted by molar-refractivity contribution is 7.98. The smallest absolute Gasteiger partial charge is 0.258 e. The summed E-state index contributed by atoms with van der Waals surface area (Å²) in [6.07, 6.45) is 3.26.